The van der Waals surface area contributed by atoms with Crippen molar-refractivity contribution in [1.82, 2.24) is 4.90 Å². The number of hydrogen-bond donors (Lipinski definition) is 0. The maximum Gasteiger partial charge on any atom is 0.342 e. The molecule has 1 unspecified atom stereocenters. The van der Waals surface area contributed by atoms with E-state index in [9.17, 15) is 24.0 Å². The topological polar surface area (TPSA) is 107 Å². The first-order valence-corrected chi connectivity index (χ1v) is 12.5. The number of ether oxygens (including phenoxy) is 2. The minimum Gasteiger partial charge on any atom is -0.389 e. The molecule has 0 aromatic rings. The number of rotatable bonds is 8. The van der Waals surface area contributed by atoms with E-state index in [-0.39, 0.29) is 30.0 Å². The van der Waals surface area contributed by atoms with E-state index in [1.165, 1.54) is 0 Å². The fraction of sp³-hybridized carbons (Fsp3) is 0.654. The summed E-state index contributed by atoms with van der Waals surface area (Å²) >= 11 is 0. The van der Waals surface area contributed by atoms with Gasteiger partial charge in [0.05, 0.1) is 17.1 Å². The van der Waals surface area contributed by atoms with Gasteiger partial charge in [0.2, 0.25) is 5.91 Å². The Morgan fingerprint density at radius 3 is 2.35 bits per heavy atom. The highest BCUT2D eigenvalue weighted by Crippen LogP contribution is 2.66. The molecule has 184 valence electrons. The smallest absolute Gasteiger partial charge is 0.342 e. The van der Waals surface area contributed by atoms with Crippen LogP contribution in [0, 0.1) is 22.7 Å². The van der Waals surface area contributed by atoms with Gasteiger partial charge in [-0.1, -0.05) is 58.6 Å². The van der Waals surface area contributed by atoms with Crippen LogP contribution in [0.2, 0.25) is 0 Å². The van der Waals surface area contributed by atoms with Gasteiger partial charge in [-0.25, -0.2) is 9.59 Å². The lowest BCUT2D eigenvalue weighted by molar-refractivity contribution is -0.176. The summed E-state index contributed by atoms with van der Waals surface area (Å²) in [7, 11) is 0. The van der Waals surface area contributed by atoms with Crippen molar-refractivity contribution in [2.75, 3.05) is 13.1 Å². The summed E-state index contributed by atoms with van der Waals surface area (Å²) < 4.78 is 10.3. The predicted molar refractivity (Wildman–Crippen MR) is 121 cm³/mol. The molecule has 3 saturated heterocycles. The maximum atomic E-state index is 14.1. The van der Waals surface area contributed by atoms with Crippen LogP contribution in [-0.4, -0.2) is 47.8 Å². The van der Waals surface area contributed by atoms with Crippen LogP contribution in [-0.2, 0) is 33.4 Å². The molecule has 0 bridgehead atoms. The number of unbranched alkanes of at least 4 members (excludes halogenated alkanes) is 3. The van der Waals surface area contributed by atoms with Gasteiger partial charge in [-0.2, -0.15) is 0 Å². The Kier molecular flexibility index (Phi) is 6.53. The van der Waals surface area contributed by atoms with Crippen LogP contribution in [0.25, 0.3) is 0 Å². The number of cyclic esters (lactones) is 4. The number of esters is 4. The lowest BCUT2D eigenvalue weighted by Gasteiger charge is -2.53. The largest absolute Gasteiger partial charge is 0.389 e. The molecular weight excluding hydrogens is 438 g/mol. The molecule has 0 radical (unpaired) electrons. The van der Waals surface area contributed by atoms with E-state index in [1.807, 2.05) is 20.8 Å². The third kappa shape index (κ3) is 3.21. The summed E-state index contributed by atoms with van der Waals surface area (Å²) in [4.78, 5) is 68.6. The second-order valence-electron chi connectivity index (χ2n) is 9.79. The summed E-state index contributed by atoms with van der Waals surface area (Å²) in [5.41, 5.74) is -2.90. The molecule has 3 heterocycles. The van der Waals surface area contributed by atoms with Crippen LogP contribution >= 0.6 is 0 Å². The summed E-state index contributed by atoms with van der Waals surface area (Å²) in [5.74, 6) is -5.37. The molecule has 0 aromatic carbocycles. The summed E-state index contributed by atoms with van der Waals surface area (Å²) in [6, 6.07) is 0. The Morgan fingerprint density at radius 1 is 0.971 bits per heavy atom. The van der Waals surface area contributed by atoms with E-state index < -0.39 is 46.5 Å². The van der Waals surface area contributed by atoms with Crippen LogP contribution in [0.5, 0.6) is 0 Å². The second-order valence-corrected chi connectivity index (χ2v) is 9.79. The number of amides is 1. The standard InChI is InChI=1S/C26H33NO7/c1-4-7-9-11-17-21(29)34-24(32)26(17)16(10-6-3)15-18-22(30)33-23(31)25(18)12-14-27(13-8-5-2)20(28)19(25)26/h11,15-16,19H,4-10,12-14H2,1-3H3/b17-11+/t16?,19-,25+,26-/m0/s1. The minimum absolute atomic E-state index is 0.155. The molecule has 4 atom stereocenters. The van der Waals surface area contributed by atoms with E-state index in [1.54, 1.807) is 17.1 Å². The van der Waals surface area contributed by atoms with E-state index in [2.05, 4.69) is 0 Å². The Hall–Kier alpha value is -2.77. The van der Waals surface area contributed by atoms with E-state index >= 15 is 0 Å². The van der Waals surface area contributed by atoms with E-state index in [4.69, 9.17) is 9.47 Å². The maximum absolute atomic E-state index is 14.1. The molecule has 3 fully saturated rings. The van der Waals surface area contributed by atoms with E-state index in [0.29, 0.717) is 25.8 Å². The number of carbonyl (C=O) groups is 5. The second kappa shape index (κ2) is 9.12. The molecule has 4 rings (SSSR count). The van der Waals surface area contributed by atoms with Gasteiger partial charge in [0.15, 0.2) is 0 Å². The number of allylic oxidation sites excluding steroid dienone is 2. The van der Waals surface area contributed by atoms with E-state index in [0.717, 1.165) is 25.7 Å². The fourth-order valence-corrected chi connectivity index (χ4v) is 6.36. The highest BCUT2D eigenvalue weighted by atomic mass is 16.6. The van der Waals surface area contributed by atoms with Gasteiger partial charge in [0, 0.05) is 13.1 Å². The van der Waals surface area contributed by atoms with Crippen molar-refractivity contribution >= 4 is 29.8 Å². The Balaban J connectivity index is 1.99. The van der Waals surface area contributed by atoms with Crippen molar-refractivity contribution < 1.29 is 33.4 Å². The molecule has 8 nitrogen and oxygen atoms in total. The van der Waals surface area contributed by atoms with Gasteiger partial charge in [-0.3, -0.25) is 14.4 Å². The molecule has 0 N–H and O–H groups in total. The molecule has 3 aliphatic heterocycles. The van der Waals surface area contributed by atoms with Crippen LogP contribution in [0.1, 0.15) is 72.1 Å². The molecule has 1 amide bonds. The number of likely N-dealkylation sites (tertiary alicyclic amines) is 1. The van der Waals surface area contributed by atoms with Crippen LogP contribution in [0.3, 0.4) is 0 Å². The van der Waals surface area contributed by atoms with Gasteiger partial charge in [-0.05, 0) is 31.6 Å². The SMILES string of the molecule is CCCC/C=C1\C(=O)OC(=O)[C@@]12C(CCC)C=C1C(=O)OC(=O)[C@]13CCN(CCCC)C(=O)[C@@H]32. The van der Waals surface area contributed by atoms with Gasteiger partial charge in [0.1, 0.15) is 10.8 Å². The number of fused-ring (bicyclic) bond motifs is 1. The Morgan fingerprint density at radius 2 is 1.68 bits per heavy atom. The summed E-state index contributed by atoms with van der Waals surface area (Å²) in [6.07, 6.45) is 8.50. The van der Waals surface area contributed by atoms with Crippen LogP contribution in [0.15, 0.2) is 23.3 Å². The van der Waals surface area contributed by atoms with Gasteiger partial charge in [-0.15, -0.1) is 0 Å². The number of hydrogen-bond acceptors (Lipinski definition) is 7. The van der Waals surface area contributed by atoms with Gasteiger partial charge >= 0.3 is 23.9 Å². The van der Waals surface area contributed by atoms with Crippen LogP contribution < -0.4 is 0 Å². The molecule has 8 heteroatoms. The quantitative estimate of drug-likeness (QED) is 0.231. The molecule has 0 aromatic heterocycles. The van der Waals surface area contributed by atoms with Crippen molar-refractivity contribution in [3.05, 3.63) is 23.3 Å². The number of piperidine rings is 1. The minimum atomic E-state index is -1.64. The molecule has 0 saturated carbocycles. The monoisotopic (exact) mass is 471 g/mol. The van der Waals surface area contributed by atoms with Crippen molar-refractivity contribution in [3.63, 3.8) is 0 Å². The highest BCUT2D eigenvalue weighted by molar-refractivity contribution is 6.18. The first kappa shape index (κ1) is 24.4. The average molecular weight is 472 g/mol. The van der Waals surface area contributed by atoms with Crippen molar-refractivity contribution in [2.45, 2.75) is 72.1 Å². The van der Waals surface area contributed by atoms with Crippen molar-refractivity contribution in [1.29, 1.82) is 0 Å². The first-order valence-electron chi connectivity index (χ1n) is 12.5. The first-order chi connectivity index (χ1) is 16.3. The predicted octanol–water partition coefficient (Wildman–Crippen LogP) is 3.25. The average Bonchev–Trinajstić information content (AvgIpc) is 3.18. The van der Waals surface area contributed by atoms with Gasteiger partial charge < -0.3 is 14.4 Å². The Labute approximate surface area is 199 Å². The third-order valence-corrected chi connectivity index (χ3v) is 7.96. The summed E-state index contributed by atoms with van der Waals surface area (Å²) in [5, 5.41) is 0. The highest BCUT2D eigenvalue weighted by Gasteiger charge is 2.77. The number of carbonyl (C=O) groups excluding carboxylic acids is 5. The third-order valence-electron chi connectivity index (χ3n) is 7.96. The zero-order valence-corrected chi connectivity index (χ0v) is 20.2. The van der Waals surface area contributed by atoms with Crippen molar-refractivity contribution in [3.8, 4) is 0 Å². The molecule has 4 aliphatic rings. The fourth-order valence-electron chi connectivity index (χ4n) is 6.36. The zero-order chi connectivity index (χ0) is 24.7. The lowest BCUT2D eigenvalue weighted by atomic mass is 9.47. The lowest BCUT2D eigenvalue weighted by Crippen LogP contribution is -2.65. The summed E-state index contributed by atoms with van der Waals surface area (Å²) in [6.45, 7) is 6.74. The molecule has 34 heavy (non-hydrogen) atoms. The normalized spacial score (nSPS) is 33.9. The van der Waals surface area contributed by atoms with Crippen molar-refractivity contribution in [2.24, 2.45) is 22.7 Å². The number of nitrogens with zero attached hydrogens (tertiary/aromatic N) is 1. The molecule has 2 spiro atoms. The zero-order valence-electron chi connectivity index (χ0n) is 20.2. The van der Waals surface area contributed by atoms with Crippen LogP contribution in [0.4, 0.5) is 0 Å². The molecule has 1 aliphatic carbocycles. The van der Waals surface area contributed by atoms with Gasteiger partial charge in [0.25, 0.3) is 0 Å². The Bertz CT molecular complexity index is 995. The molecular formula is C26H33NO7.